The van der Waals surface area contributed by atoms with Crippen LogP contribution in [0.1, 0.15) is 11.1 Å². The van der Waals surface area contributed by atoms with Crippen LogP contribution in [-0.2, 0) is 17.9 Å². The minimum absolute atomic E-state index is 0.0659. The molecule has 2 heterocycles. The van der Waals surface area contributed by atoms with Crippen LogP contribution < -0.4 is 16.4 Å². The third-order valence-electron chi connectivity index (χ3n) is 3.76. The second-order valence-corrected chi connectivity index (χ2v) is 6.33. The number of amides is 1. The standard InChI is InChI=1S/C17H16ClF2N7O/c1-9-2-3-13(19)11(15(9)20)5-22-16-12(18)6-23-17(26-16)25-10-4-24-27(7-10)8-14(21)28/h2-4,6-7H,5,8H2,1H3,(H2,21,28)(H2,22,23,25,26). The molecule has 28 heavy (non-hydrogen) atoms. The molecule has 146 valence electrons. The molecule has 4 N–H and O–H groups in total. The van der Waals surface area contributed by atoms with E-state index < -0.39 is 17.5 Å². The Morgan fingerprint density at radius 1 is 1.32 bits per heavy atom. The maximum Gasteiger partial charge on any atom is 0.239 e. The summed E-state index contributed by atoms with van der Waals surface area (Å²) in [5, 5.41) is 9.85. The molecule has 11 heteroatoms. The third-order valence-corrected chi connectivity index (χ3v) is 4.04. The SMILES string of the molecule is Cc1ccc(F)c(CNc2nc(Nc3cnn(CC(N)=O)c3)ncc2Cl)c1F. The molecule has 0 saturated heterocycles. The first-order valence-electron chi connectivity index (χ1n) is 8.11. The first-order chi connectivity index (χ1) is 13.3. The van der Waals surface area contributed by atoms with Gasteiger partial charge in [0.2, 0.25) is 11.9 Å². The van der Waals surface area contributed by atoms with Gasteiger partial charge in [-0.1, -0.05) is 17.7 Å². The fourth-order valence-electron chi connectivity index (χ4n) is 2.40. The van der Waals surface area contributed by atoms with Gasteiger partial charge in [0.05, 0.1) is 18.1 Å². The summed E-state index contributed by atoms with van der Waals surface area (Å²) in [7, 11) is 0. The first-order valence-corrected chi connectivity index (χ1v) is 8.49. The van der Waals surface area contributed by atoms with Crippen molar-refractivity contribution in [1.29, 1.82) is 0 Å². The molecular formula is C17H16ClF2N7O. The summed E-state index contributed by atoms with van der Waals surface area (Å²) in [5.41, 5.74) is 5.85. The Labute approximate surface area is 163 Å². The molecule has 0 saturated carbocycles. The Morgan fingerprint density at radius 3 is 2.86 bits per heavy atom. The second kappa shape index (κ2) is 8.17. The van der Waals surface area contributed by atoms with E-state index in [1.165, 1.54) is 29.2 Å². The van der Waals surface area contributed by atoms with Gasteiger partial charge in [-0.3, -0.25) is 9.48 Å². The quantitative estimate of drug-likeness (QED) is 0.555. The van der Waals surface area contributed by atoms with Crippen LogP contribution in [-0.4, -0.2) is 25.7 Å². The predicted molar refractivity (Wildman–Crippen MR) is 100 cm³/mol. The van der Waals surface area contributed by atoms with E-state index in [1.54, 1.807) is 13.1 Å². The van der Waals surface area contributed by atoms with Gasteiger partial charge in [0, 0.05) is 18.3 Å². The number of nitrogens with one attached hydrogen (secondary N) is 2. The van der Waals surface area contributed by atoms with Crippen molar-refractivity contribution in [3.05, 3.63) is 58.5 Å². The fraction of sp³-hybridized carbons (Fsp3) is 0.176. The molecule has 1 aromatic carbocycles. The minimum Gasteiger partial charge on any atom is -0.368 e. The van der Waals surface area contributed by atoms with Gasteiger partial charge in [0.15, 0.2) is 5.82 Å². The number of hydrogen-bond donors (Lipinski definition) is 3. The summed E-state index contributed by atoms with van der Waals surface area (Å²) in [6.45, 7) is 1.34. The van der Waals surface area contributed by atoms with Crippen molar-refractivity contribution in [2.75, 3.05) is 10.6 Å². The zero-order valence-electron chi connectivity index (χ0n) is 14.7. The van der Waals surface area contributed by atoms with Crippen LogP contribution in [0.15, 0.2) is 30.7 Å². The van der Waals surface area contributed by atoms with Gasteiger partial charge >= 0.3 is 0 Å². The number of carbonyl (C=O) groups is 1. The van der Waals surface area contributed by atoms with Crippen LogP contribution in [0.3, 0.4) is 0 Å². The minimum atomic E-state index is -0.666. The molecule has 3 aromatic rings. The molecule has 2 aromatic heterocycles. The van der Waals surface area contributed by atoms with Gasteiger partial charge in [-0.05, 0) is 18.6 Å². The number of hydrogen-bond acceptors (Lipinski definition) is 6. The zero-order chi connectivity index (χ0) is 20.3. The number of carbonyl (C=O) groups excluding carboxylic acids is 1. The van der Waals surface area contributed by atoms with Crippen LogP contribution in [0.25, 0.3) is 0 Å². The molecule has 0 aliphatic rings. The lowest BCUT2D eigenvalue weighted by Gasteiger charge is -2.11. The molecule has 0 atom stereocenters. The van der Waals surface area contributed by atoms with Gasteiger partial charge in [-0.25, -0.2) is 13.8 Å². The average molecular weight is 408 g/mol. The number of anilines is 3. The normalized spacial score (nSPS) is 10.7. The molecule has 0 fully saturated rings. The molecule has 0 unspecified atom stereocenters. The molecule has 8 nitrogen and oxygen atoms in total. The van der Waals surface area contributed by atoms with Gasteiger partial charge in [-0.2, -0.15) is 10.1 Å². The summed E-state index contributed by atoms with van der Waals surface area (Å²) in [4.78, 5) is 19.1. The number of halogens is 3. The lowest BCUT2D eigenvalue weighted by Crippen LogP contribution is -2.18. The van der Waals surface area contributed by atoms with E-state index in [0.717, 1.165) is 0 Å². The molecule has 3 rings (SSSR count). The maximum absolute atomic E-state index is 14.1. The number of benzene rings is 1. The van der Waals surface area contributed by atoms with Crippen LogP contribution >= 0.6 is 11.6 Å². The van der Waals surface area contributed by atoms with Crippen molar-refractivity contribution in [2.24, 2.45) is 5.73 Å². The number of aryl methyl sites for hydroxylation is 1. The van der Waals surface area contributed by atoms with E-state index in [9.17, 15) is 13.6 Å². The Hall–Kier alpha value is -3.27. The zero-order valence-corrected chi connectivity index (χ0v) is 15.5. The summed E-state index contributed by atoms with van der Waals surface area (Å²) >= 11 is 6.07. The fourth-order valence-corrected chi connectivity index (χ4v) is 2.56. The highest BCUT2D eigenvalue weighted by molar-refractivity contribution is 6.32. The smallest absolute Gasteiger partial charge is 0.239 e. The van der Waals surface area contributed by atoms with E-state index in [1.807, 2.05) is 0 Å². The lowest BCUT2D eigenvalue weighted by molar-refractivity contribution is -0.118. The summed E-state index contributed by atoms with van der Waals surface area (Å²) in [6, 6.07) is 2.57. The number of rotatable bonds is 7. The van der Waals surface area contributed by atoms with Gasteiger partial charge < -0.3 is 16.4 Å². The van der Waals surface area contributed by atoms with Crippen molar-refractivity contribution in [3.63, 3.8) is 0 Å². The molecule has 0 aliphatic heterocycles. The number of nitrogens with two attached hydrogens (primary N) is 1. The third kappa shape index (κ3) is 4.52. The summed E-state index contributed by atoms with van der Waals surface area (Å²) in [6.07, 6.45) is 4.36. The highest BCUT2D eigenvalue weighted by Crippen LogP contribution is 2.23. The maximum atomic E-state index is 14.1. The topological polar surface area (TPSA) is 111 Å². The Balaban J connectivity index is 1.74. The number of primary amides is 1. The summed E-state index contributed by atoms with van der Waals surface area (Å²) in [5.74, 6) is -1.45. The number of nitrogens with zero attached hydrogens (tertiary/aromatic N) is 4. The van der Waals surface area contributed by atoms with E-state index in [-0.39, 0.29) is 35.4 Å². The van der Waals surface area contributed by atoms with E-state index >= 15 is 0 Å². The Bertz CT molecular complexity index is 1020. The number of aromatic nitrogens is 4. The molecular weight excluding hydrogens is 392 g/mol. The van der Waals surface area contributed by atoms with Crippen LogP contribution in [0.2, 0.25) is 5.02 Å². The van der Waals surface area contributed by atoms with Crippen molar-refractivity contribution in [3.8, 4) is 0 Å². The molecule has 0 bridgehead atoms. The Kier molecular flexibility index (Phi) is 5.69. The molecule has 1 amide bonds. The van der Waals surface area contributed by atoms with Crippen LogP contribution in [0, 0.1) is 18.6 Å². The van der Waals surface area contributed by atoms with Crippen molar-refractivity contribution in [2.45, 2.75) is 20.0 Å². The average Bonchev–Trinajstić information content (AvgIpc) is 3.07. The monoisotopic (exact) mass is 407 g/mol. The van der Waals surface area contributed by atoms with Crippen molar-refractivity contribution in [1.82, 2.24) is 19.7 Å². The van der Waals surface area contributed by atoms with Crippen LogP contribution in [0.5, 0.6) is 0 Å². The molecule has 0 radical (unpaired) electrons. The highest BCUT2D eigenvalue weighted by Gasteiger charge is 2.13. The lowest BCUT2D eigenvalue weighted by atomic mass is 10.1. The van der Waals surface area contributed by atoms with Crippen LogP contribution in [0.4, 0.5) is 26.2 Å². The van der Waals surface area contributed by atoms with Gasteiger partial charge in [0.1, 0.15) is 23.2 Å². The molecule has 0 aliphatic carbocycles. The van der Waals surface area contributed by atoms with Crippen molar-refractivity contribution >= 4 is 35.0 Å². The highest BCUT2D eigenvalue weighted by atomic mass is 35.5. The summed E-state index contributed by atoms with van der Waals surface area (Å²) < 4.78 is 29.4. The Morgan fingerprint density at radius 2 is 2.11 bits per heavy atom. The predicted octanol–water partition coefficient (Wildman–Crippen LogP) is 2.75. The largest absolute Gasteiger partial charge is 0.368 e. The first kappa shape index (κ1) is 19.5. The van der Waals surface area contributed by atoms with E-state index in [2.05, 4.69) is 25.7 Å². The van der Waals surface area contributed by atoms with Gasteiger partial charge in [0.25, 0.3) is 0 Å². The van der Waals surface area contributed by atoms with Gasteiger partial charge in [-0.15, -0.1) is 0 Å². The van der Waals surface area contributed by atoms with E-state index in [4.69, 9.17) is 17.3 Å². The van der Waals surface area contributed by atoms with E-state index in [0.29, 0.717) is 11.3 Å². The molecule has 0 spiro atoms. The van der Waals surface area contributed by atoms with Crippen molar-refractivity contribution < 1.29 is 13.6 Å². The second-order valence-electron chi connectivity index (χ2n) is 5.92.